The Kier molecular flexibility index (Phi) is 3.76. The summed E-state index contributed by atoms with van der Waals surface area (Å²) in [6, 6.07) is 10.6. The van der Waals surface area contributed by atoms with E-state index in [4.69, 9.17) is 11.6 Å². The molecule has 0 unspecified atom stereocenters. The third kappa shape index (κ3) is 2.84. The molecule has 0 aliphatic carbocycles. The van der Waals surface area contributed by atoms with E-state index in [-0.39, 0.29) is 11.1 Å². The van der Waals surface area contributed by atoms with Crippen molar-refractivity contribution in [2.45, 2.75) is 0 Å². The quantitative estimate of drug-likeness (QED) is 0.858. The molecule has 5 heteroatoms. The number of pyridine rings is 1. The Morgan fingerprint density at radius 3 is 2.71 bits per heavy atom. The Balaban J connectivity index is 2.24. The fourth-order valence-electron chi connectivity index (χ4n) is 1.31. The summed E-state index contributed by atoms with van der Waals surface area (Å²) in [5, 5.41) is 2.95. The molecular weight excluding hydrogens is 304 g/mol. The van der Waals surface area contributed by atoms with Crippen molar-refractivity contribution in [2.24, 2.45) is 0 Å². The summed E-state index contributed by atoms with van der Waals surface area (Å²) in [5.41, 5.74) is 1.04. The van der Waals surface area contributed by atoms with E-state index in [0.717, 1.165) is 4.47 Å². The predicted molar refractivity (Wildman–Crippen MR) is 71.3 cm³/mol. The van der Waals surface area contributed by atoms with E-state index in [1.165, 1.54) is 6.20 Å². The molecule has 0 fully saturated rings. The van der Waals surface area contributed by atoms with Crippen molar-refractivity contribution < 1.29 is 4.79 Å². The maximum atomic E-state index is 11.9. The zero-order valence-corrected chi connectivity index (χ0v) is 11.0. The lowest BCUT2D eigenvalue weighted by atomic mass is 10.2. The van der Waals surface area contributed by atoms with Crippen molar-refractivity contribution in [3.05, 3.63) is 57.8 Å². The van der Waals surface area contributed by atoms with Gasteiger partial charge in [-0.1, -0.05) is 23.7 Å². The van der Waals surface area contributed by atoms with Crippen LogP contribution in [0.1, 0.15) is 10.4 Å². The monoisotopic (exact) mass is 310 g/mol. The zero-order valence-electron chi connectivity index (χ0n) is 8.65. The van der Waals surface area contributed by atoms with Gasteiger partial charge in [-0.3, -0.25) is 4.79 Å². The van der Waals surface area contributed by atoms with Crippen LogP contribution in [0, 0.1) is 0 Å². The lowest BCUT2D eigenvalue weighted by Gasteiger charge is -2.07. The highest BCUT2D eigenvalue weighted by atomic mass is 79.9. The van der Waals surface area contributed by atoms with E-state index in [2.05, 4.69) is 26.2 Å². The van der Waals surface area contributed by atoms with Crippen LogP contribution < -0.4 is 5.32 Å². The van der Waals surface area contributed by atoms with Gasteiger partial charge in [-0.15, -0.1) is 0 Å². The average molecular weight is 312 g/mol. The van der Waals surface area contributed by atoms with Gasteiger partial charge in [0.25, 0.3) is 5.91 Å². The Labute approximate surface area is 112 Å². The average Bonchev–Trinajstić information content (AvgIpc) is 2.32. The van der Waals surface area contributed by atoms with Gasteiger partial charge < -0.3 is 5.32 Å². The summed E-state index contributed by atoms with van der Waals surface area (Å²) < 4.78 is 0.813. The van der Waals surface area contributed by atoms with E-state index in [0.29, 0.717) is 11.3 Å². The van der Waals surface area contributed by atoms with E-state index >= 15 is 0 Å². The Morgan fingerprint density at radius 1 is 1.24 bits per heavy atom. The number of halogens is 2. The van der Waals surface area contributed by atoms with Crippen LogP contribution in [0.25, 0.3) is 0 Å². The van der Waals surface area contributed by atoms with Crippen LogP contribution in [0.5, 0.6) is 0 Å². The van der Waals surface area contributed by atoms with E-state index in [1.54, 1.807) is 18.2 Å². The lowest BCUT2D eigenvalue weighted by Crippen LogP contribution is -2.13. The summed E-state index contributed by atoms with van der Waals surface area (Å²) >= 11 is 9.19. The Morgan fingerprint density at radius 2 is 2.00 bits per heavy atom. The molecule has 86 valence electrons. The van der Waals surface area contributed by atoms with E-state index in [1.807, 2.05) is 18.2 Å². The highest BCUT2D eigenvalue weighted by molar-refractivity contribution is 9.10. The Hall–Kier alpha value is -1.39. The second kappa shape index (κ2) is 5.29. The van der Waals surface area contributed by atoms with Crippen molar-refractivity contribution in [3.63, 3.8) is 0 Å². The fraction of sp³-hybridized carbons (Fsp3) is 0. The largest absolute Gasteiger partial charge is 0.321 e. The molecule has 0 radical (unpaired) electrons. The molecular formula is C12H8BrClN2O. The molecule has 0 saturated heterocycles. The molecule has 3 nitrogen and oxygen atoms in total. The molecule has 1 aromatic heterocycles. The molecule has 0 bridgehead atoms. The molecule has 0 atom stereocenters. The smallest absolute Gasteiger partial charge is 0.258 e. The molecule has 0 aliphatic rings. The summed E-state index contributed by atoms with van der Waals surface area (Å²) in [5.74, 6) is -0.282. The molecule has 0 aliphatic heterocycles. The predicted octanol–water partition coefficient (Wildman–Crippen LogP) is 3.75. The minimum Gasteiger partial charge on any atom is -0.321 e. The second-order valence-corrected chi connectivity index (χ2v) is 4.49. The molecule has 2 rings (SSSR count). The minimum absolute atomic E-state index is 0.192. The summed E-state index contributed by atoms with van der Waals surface area (Å²) in [4.78, 5) is 15.8. The van der Waals surface area contributed by atoms with Crippen LogP contribution in [0.3, 0.4) is 0 Å². The molecule has 1 heterocycles. The van der Waals surface area contributed by atoms with E-state index in [9.17, 15) is 4.79 Å². The first-order valence-electron chi connectivity index (χ1n) is 4.85. The Bertz CT molecular complexity index is 560. The number of hydrogen-bond acceptors (Lipinski definition) is 2. The number of carbonyl (C=O) groups excluding carboxylic acids is 1. The van der Waals surface area contributed by atoms with Gasteiger partial charge >= 0.3 is 0 Å². The second-order valence-electron chi connectivity index (χ2n) is 3.28. The number of carbonyl (C=O) groups is 1. The third-order valence-electron chi connectivity index (χ3n) is 2.13. The number of anilines is 1. The number of rotatable bonds is 2. The van der Waals surface area contributed by atoms with Crippen molar-refractivity contribution in [1.29, 1.82) is 0 Å². The van der Waals surface area contributed by atoms with Crippen molar-refractivity contribution in [2.75, 3.05) is 5.32 Å². The summed E-state index contributed by atoms with van der Waals surface area (Å²) in [6.07, 6.45) is 1.54. The first-order chi connectivity index (χ1) is 8.18. The lowest BCUT2D eigenvalue weighted by molar-refractivity contribution is 0.102. The van der Waals surface area contributed by atoms with Crippen LogP contribution in [-0.2, 0) is 0 Å². The molecule has 1 N–H and O–H groups in total. The first-order valence-corrected chi connectivity index (χ1v) is 6.02. The molecule has 2 aromatic rings. The topological polar surface area (TPSA) is 42.0 Å². The number of aromatic nitrogens is 1. The van der Waals surface area contributed by atoms with Gasteiger partial charge in [0.05, 0.1) is 11.3 Å². The molecule has 17 heavy (non-hydrogen) atoms. The number of para-hydroxylation sites is 1. The maximum absolute atomic E-state index is 11.9. The molecule has 0 saturated carbocycles. The number of nitrogens with one attached hydrogen (secondary N) is 1. The van der Waals surface area contributed by atoms with Crippen LogP contribution in [-0.4, -0.2) is 10.9 Å². The van der Waals surface area contributed by atoms with Crippen molar-refractivity contribution in [3.8, 4) is 0 Å². The van der Waals surface area contributed by atoms with Crippen molar-refractivity contribution in [1.82, 2.24) is 4.98 Å². The summed E-state index contributed by atoms with van der Waals surface area (Å²) in [6.45, 7) is 0. The number of benzene rings is 1. The normalized spacial score (nSPS) is 10.0. The first kappa shape index (κ1) is 12.1. The van der Waals surface area contributed by atoms with Gasteiger partial charge in [0.2, 0.25) is 0 Å². The maximum Gasteiger partial charge on any atom is 0.258 e. The number of hydrogen-bond donors (Lipinski definition) is 1. The zero-order chi connectivity index (χ0) is 12.3. The molecule has 1 aromatic carbocycles. The third-order valence-corrected chi connectivity index (χ3v) is 3.12. The highest BCUT2D eigenvalue weighted by Gasteiger charge is 2.11. The van der Waals surface area contributed by atoms with E-state index < -0.39 is 0 Å². The minimum atomic E-state index is -0.282. The van der Waals surface area contributed by atoms with Crippen LogP contribution in [0.15, 0.2) is 47.1 Å². The number of amides is 1. The van der Waals surface area contributed by atoms with Gasteiger partial charge in [0, 0.05) is 10.7 Å². The van der Waals surface area contributed by atoms with Gasteiger partial charge in [-0.2, -0.15) is 0 Å². The van der Waals surface area contributed by atoms with Gasteiger partial charge in [-0.05, 0) is 40.2 Å². The highest BCUT2D eigenvalue weighted by Crippen LogP contribution is 2.22. The SMILES string of the molecule is O=C(Nc1ccccc1Br)c1cccnc1Cl. The fourth-order valence-corrected chi connectivity index (χ4v) is 1.90. The van der Waals surface area contributed by atoms with Crippen LogP contribution >= 0.6 is 27.5 Å². The standard InChI is InChI=1S/C12H8BrClN2O/c13-9-5-1-2-6-10(9)16-12(17)8-4-3-7-15-11(8)14/h1-7H,(H,16,17). The number of nitrogens with zero attached hydrogens (tertiary/aromatic N) is 1. The summed E-state index contributed by atoms with van der Waals surface area (Å²) in [7, 11) is 0. The molecule has 1 amide bonds. The van der Waals surface area contributed by atoms with Gasteiger partial charge in [0.15, 0.2) is 0 Å². The van der Waals surface area contributed by atoms with Gasteiger partial charge in [-0.25, -0.2) is 4.98 Å². The van der Waals surface area contributed by atoms with Crippen molar-refractivity contribution >= 4 is 39.1 Å². The van der Waals surface area contributed by atoms with Gasteiger partial charge in [0.1, 0.15) is 5.15 Å². The van der Waals surface area contributed by atoms with Crippen LogP contribution in [0.4, 0.5) is 5.69 Å². The van der Waals surface area contributed by atoms with Crippen LogP contribution in [0.2, 0.25) is 5.15 Å². The molecule has 0 spiro atoms.